The van der Waals surface area contributed by atoms with Crippen molar-refractivity contribution < 1.29 is 0 Å². The Labute approximate surface area is 119 Å². The monoisotopic (exact) mass is 267 g/mol. The summed E-state index contributed by atoms with van der Waals surface area (Å²) in [5.41, 5.74) is 0.449. The molecule has 0 aromatic carbocycles. The van der Waals surface area contributed by atoms with Gasteiger partial charge < -0.3 is 15.5 Å². The highest BCUT2D eigenvalue weighted by Gasteiger charge is 2.31. The Balaban J connectivity index is 1.62. The van der Waals surface area contributed by atoms with Crippen LogP contribution >= 0.6 is 0 Å². The van der Waals surface area contributed by atoms with E-state index in [1.54, 1.807) is 0 Å². The van der Waals surface area contributed by atoms with Crippen LogP contribution in [0.3, 0.4) is 0 Å². The molecular weight excluding hydrogens is 234 g/mol. The maximum Gasteiger partial charge on any atom is 0.00796 e. The van der Waals surface area contributed by atoms with Gasteiger partial charge in [-0.1, -0.05) is 13.8 Å². The average molecular weight is 267 g/mol. The van der Waals surface area contributed by atoms with E-state index in [-0.39, 0.29) is 0 Å². The molecule has 2 fully saturated rings. The minimum atomic E-state index is 0.449. The largest absolute Gasteiger partial charge is 0.316 e. The molecule has 2 saturated heterocycles. The van der Waals surface area contributed by atoms with Crippen molar-refractivity contribution in [3.63, 3.8) is 0 Å². The van der Waals surface area contributed by atoms with Crippen molar-refractivity contribution in [3.8, 4) is 0 Å². The number of likely N-dealkylation sites (tertiary alicyclic amines) is 1. The molecule has 1 unspecified atom stereocenters. The van der Waals surface area contributed by atoms with E-state index in [1.165, 1.54) is 64.8 Å². The fraction of sp³-hybridized carbons (Fsp3) is 1.00. The molecule has 0 aromatic heterocycles. The standard InChI is InChI=1S/C16H33N3/c1-16(2,14-7-11-19(3)12-8-14)13-17-10-6-15-5-4-9-18-15/h14-15,17-18H,4-13H2,1-3H3. The maximum absolute atomic E-state index is 3.71. The zero-order valence-corrected chi connectivity index (χ0v) is 13.2. The normalized spacial score (nSPS) is 27.0. The van der Waals surface area contributed by atoms with Crippen molar-refractivity contribution in [2.24, 2.45) is 11.3 Å². The number of piperidine rings is 1. The van der Waals surface area contributed by atoms with Crippen LogP contribution in [0.4, 0.5) is 0 Å². The quantitative estimate of drug-likeness (QED) is 0.722. The molecule has 0 spiro atoms. The topological polar surface area (TPSA) is 27.3 Å². The molecule has 2 rings (SSSR count). The molecule has 0 saturated carbocycles. The lowest BCUT2D eigenvalue weighted by Gasteiger charge is -2.40. The number of hydrogen-bond acceptors (Lipinski definition) is 3. The van der Waals surface area contributed by atoms with Gasteiger partial charge in [0.05, 0.1) is 0 Å². The Kier molecular flexibility index (Phi) is 5.67. The van der Waals surface area contributed by atoms with Crippen molar-refractivity contribution >= 4 is 0 Å². The van der Waals surface area contributed by atoms with Gasteiger partial charge in [-0.05, 0) is 76.7 Å². The molecule has 0 aliphatic carbocycles. The van der Waals surface area contributed by atoms with Gasteiger partial charge in [0.2, 0.25) is 0 Å². The molecular formula is C16H33N3. The minimum Gasteiger partial charge on any atom is -0.316 e. The summed E-state index contributed by atoms with van der Waals surface area (Å²) in [6.07, 6.45) is 6.78. The molecule has 2 N–H and O–H groups in total. The molecule has 1 atom stereocenters. The second-order valence-electron chi connectivity index (χ2n) is 7.32. The summed E-state index contributed by atoms with van der Waals surface area (Å²) in [6, 6.07) is 0.777. The molecule has 112 valence electrons. The Morgan fingerprint density at radius 2 is 1.95 bits per heavy atom. The molecule has 2 heterocycles. The van der Waals surface area contributed by atoms with Crippen molar-refractivity contribution in [2.45, 2.75) is 52.0 Å². The molecule has 0 aromatic rings. The number of nitrogens with zero attached hydrogens (tertiary/aromatic N) is 1. The molecule has 19 heavy (non-hydrogen) atoms. The third kappa shape index (κ3) is 4.73. The Morgan fingerprint density at radius 3 is 2.58 bits per heavy atom. The van der Waals surface area contributed by atoms with E-state index < -0.39 is 0 Å². The van der Waals surface area contributed by atoms with Crippen LogP contribution in [0.5, 0.6) is 0 Å². The fourth-order valence-electron chi connectivity index (χ4n) is 3.62. The lowest BCUT2D eigenvalue weighted by Crippen LogP contribution is -2.42. The summed E-state index contributed by atoms with van der Waals surface area (Å²) in [6.45, 7) is 11.0. The minimum absolute atomic E-state index is 0.449. The van der Waals surface area contributed by atoms with Crippen LogP contribution in [-0.4, -0.2) is 50.7 Å². The van der Waals surface area contributed by atoms with E-state index in [1.807, 2.05) is 0 Å². The van der Waals surface area contributed by atoms with Gasteiger partial charge >= 0.3 is 0 Å². The van der Waals surface area contributed by atoms with Gasteiger partial charge in [-0.25, -0.2) is 0 Å². The molecule has 0 bridgehead atoms. The summed E-state index contributed by atoms with van der Waals surface area (Å²) in [5.74, 6) is 0.890. The maximum atomic E-state index is 3.71. The predicted octanol–water partition coefficient (Wildman–Crippen LogP) is 2.09. The first-order valence-corrected chi connectivity index (χ1v) is 8.20. The number of rotatable bonds is 6. The van der Waals surface area contributed by atoms with Crippen molar-refractivity contribution in [1.29, 1.82) is 0 Å². The highest BCUT2D eigenvalue weighted by molar-refractivity contribution is 4.85. The molecule has 0 radical (unpaired) electrons. The van der Waals surface area contributed by atoms with Crippen LogP contribution in [0, 0.1) is 11.3 Å². The second kappa shape index (κ2) is 7.05. The zero-order valence-electron chi connectivity index (χ0n) is 13.2. The Morgan fingerprint density at radius 1 is 1.21 bits per heavy atom. The van der Waals surface area contributed by atoms with Crippen LogP contribution in [0.25, 0.3) is 0 Å². The van der Waals surface area contributed by atoms with Crippen LogP contribution in [0.1, 0.15) is 46.0 Å². The lowest BCUT2D eigenvalue weighted by molar-refractivity contribution is 0.113. The zero-order chi connectivity index (χ0) is 13.7. The van der Waals surface area contributed by atoms with Gasteiger partial charge in [-0.15, -0.1) is 0 Å². The highest BCUT2D eigenvalue weighted by Crippen LogP contribution is 2.34. The van der Waals surface area contributed by atoms with Crippen LogP contribution in [-0.2, 0) is 0 Å². The number of nitrogens with one attached hydrogen (secondary N) is 2. The third-order valence-corrected chi connectivity index (χ3v) is 5.24. The van der Waals surface area contributed by atoms with E-state index >= 15 is 0 Å². The highest BCUT2D eigenvalue weighted by atomic mass is 15.1. The van der Waals surface area contributed by atoms with Crippen molar-refractivity contribution in [3.05, 3.63) is 0 Å². The van der Waals surface area contributed by atoms with Gasteiger partial charge in [0.15, 0.2) is 0 Å². The smallest absolute Gasteiger partial charge is 0.00796 e. The van der Waals surface area contributed by atoms with Gasteiger partial charge in [0, 0.05) is 12.6 Å². The first-order chi connectivity index (χ1) is 9.08. The van der Waals surface area contributed by atoms with Crippen LogP contribution < -0.4 is 10.6 Å². The summed E-state index contributed by atoms with van der Waals surface area (Å²) < 4.78 is 0. The summed E-state index contributed by atoms with van der Waals surface area (Å²) in [4.78, 5) is 2.46. The van der Waals surface area contributed by atoms with E-state index in [4.69, 9.17) is 0 Å². The SMILES string of the molecule is CN1CCC(C(C)(C)CNCCC2CCCN2)CC1. The van der Waals surface area contributed by atoms with Crippen LogP contribution in [0.2, 0.25) is 0 Å². The molecule has 2 aliphatic heterocycles. The van der Waals surface area contributed by atoms with Crippen molar-refractivity contribution in [2.75, 3.05) is 39.8 Å². The van der Waals surface area contributed by atoms with E-state index in [0.717, 1.165) is 12.0 Å². The molecule has 3 heteroatoms. The molecule has 3 nitrogen and oxygen atoms in total. The average Bonchev–Trinajstić information content (AvgIpc) is 2.88. The van der Waals surface area contributed by atoms with Gasteiger partial charge in [0.25, 0.3) is 0 Å². The summed E-state index contributed by atoms with van der Waals surface area (Å²) >= 11 is 0. The first-order valence-electron chi connectivity index (χ1n) is 8.20. The van der Waals surface area contributed by atoms with E-state index in [9.17, 15) is 0 Å². The second-order valence-corrected chi connectivity index (χ2v) is 7.32. The van der Waals surface area contributed by atoms with E-state index in [0.29, 0.717) is 5.41 Å². The van der Waals surface area contributed by atoms with E-state index in [2.05, 4.69) is 36.4 Å². The lowest BCUT2D eigenvalue weighted by atomic mass is 9.73. The first kappa shape index (κ1) is 15.3. The molecule has 2 aliphatic rings. The summed E-state index contributed by atoms with van der Waals surface area (Å²) in [7, 11) is 2.25. The van der Waals surface area contributed by atoms with Gasteiger partial charge in [0.1, 0.15) is 0 Å². The molecule has 0 amide bonds. The third-order valence-electron chi connectivity index (χ3n) is 5.24. The summed E-state index contributed by atoms with van der Waals surface area (Å²) in [5, 5.41) is 7.28. The fourth-order valence-corrected chi connectivity index (χ4v) is 3.62. The Hall–Kier alpha value is -0.120. The number of hydrogen-bond donors (Lipinski definition) is 2. The van der Waals surface area contributed by atoms with Gasteiger partial charge in [-0.2, -0.15) is 0 Å². The Bertz CT molecular complexity index is 251. The predicted molar refractivity (Wildman–Crippen MR) is 82.5 cm³/mol. The van der Waals surface area contributed by atoms with Crippen molar-refractivity contribution in [1.82, 2.24) is 15.5 Å². The van der Waals surface area contributed by atoms with Gasteiger partial charge in [-0.3, -0.25) is 0 Å². The van der Waals surface area contributed by atoms with Crippen LogP contribution in [0.15, 0.2) is 0 Å².